The summed E-state index contributed by atoms with van der Waals surface area (Å²) in [6.45, 7) is 2.26. The zero-order valence-corrected chi connectivity index (χ0v) is 9.63. The van der Waals surface area contributed by atoms with Gasteiger partial charge in [0.1, 0.15) is 0 Å². The molecule has 0 aliphatic carbocycles. The van der Waals surface area contributed by atoms with E-state index in [1.54, 1.807) is 5.38 Å². The van der Waals surface area contributed by atoms with Crippen LogP contribution in [0.2, 0.25) is 0 Å². The van der Waals surface area contributed by atoms with Gasteiger partial charge in [-0.3, -0.25) is 0 Å². The molecule has 0 aromatic carbocycles. The van der Waals surface area contributed by atoms with E-state index in [2.05, 4.69) is 10.3 Å². The molecule has 1 aromatic heterocycles. The maximum absolute atomic E-state index is 10.6. The summed E-state index contributed by atoms with van der Waals surface area (Å²) in [7, 11) is 0. The first kappa shape index (κ1) is 11.5. The molecule has 2 heterocycles. The summed E-state index contributed by atoms with van der Waals surface area (Å²) in [5.41, 5.74) is 0.778. The summed E-state index contributed by atoms with van der Waals surface area (Å²) >= 11 is 1.16. The number of carbonyl (C=O) groups is 1. The quantitative estimate of drug-likeness (QED) is 0.809. The highest BCUT2D eigenvalue weighted by Gasteiger charge is 2.15. The molecule has 2 rings (SSSR count). The third-order valence-corrected chi connectivity index (χ3v) is 3.32. The molecule has 5 nitrogen and oxygen atoms in total. The van der Waals surface area contributed by atoms with E-state index < -0.39 is 5.97 Å². The van der Waals surface area contributed by atoms with Gasteiger partial charge < -0.3 is 15.2 Å². The lowest BCUT2D eigenvalue weighted by molar-refractivity contribution is 0.0696. The van der Waals surface area contributed by atoms with E-state index in [0.29, 0.717) is 12.6 Å². The van der Waals surface area contributed by atoms with Crippen LogP contribution in [0.5, 0.6) is 0 Å². The largest absolute Gasteiger partial charge is 0.476 e. The summed E-state index contributed by atoms with van der Waals surface area (Å²) in [5, 5.41) is 13.8. The highest BCUT2D eigenvalue weighted by Crippen LogP contribution is 2.12. The molecular formula is C10H14N2O3S. The van der Waals surface area contributed by atoms with Crippen LogP contribution >= 0.6 is 11.3 Å². The van der Waals surface area contributed by atoms with Gasteiger partial charge in [-0.05, 0) is 12.8 Å². The van der Waals surface area contributed by atoms with Crippen LogP contribution in [0.25, 0.3) is 0 Å². The fourth-order valence-electron chi connectivity index (χ4n) is 1.65. The lowest BCUT2D eigenvalue weighted by Gasteiger charge is -2.09. The maximum Gasteiger partial charge on any atom is 0.365 e. The monoisotopic (exact) mass is 242 g/mol. The molecule has 1 fully saturated rings. The number of thiazole rings is 1. The Labute approximate surface area is 97.5 Å². The molecule has 2 N–H and O–H groups in total. The second kappa shape index (κ2) is 5.38. The Morgan fingerprint density at radius 1 is 1.75 bits per heavy atom. The lowest BCUT2D eigenvalue weighted by atomic mass is 10.2. The van der Waals surface area contributed by atoms with Crippen LogP contribution in [0.3, 0.4) is 0 Å². The number of nitrogens with one attached hydrogen (secondary N) is 1. The first-order valence-electron chi connectivity index (χ1n) is 5.25. The topological polar surface area (TPSA) is 71.5 Å². The molecule has 1 unspecified atom stereocenters. The van der Waals surface area contributed by atoms with Gasteiger partial charge >= 0.3 is 5.97 Å². The average Bonchev–Trinajstić information content (AvgIpc) is 2.87. The Morgan fingerprint density at radius 2 is 2.62 bits per heavy atom. The van der Waals surface area contributed by atoms with Gasteiger partial charge in [-0.1, -0.05) is 0 Å². The molecule has 0 saturated carbocycles. The minimum absolute atomic E-state index is 0.147. The molecule has 16 heavy (non-hydrogen) atoms. The van der Waals surface area contributed by atoms with E-state index in [-0.39, 0.29) is 5.01 Å². The van der Waals surface area contributed by atoms with Gasteiger partial charge in [0.15, 0.2) is 0 Å². The summed E-state index contributed by atoms with van der Waals surface area (Å²) in [4.78, 5) is 14.6. The fourth-order valence-corrected chi connectivity index (χ4v) is 2.31. The number of hydrogen-bond acceptors (Lipinski definition) is 5. The van der Waals surface area contributed by atoms with Crippen molar-refractivity contribution in [2.45, 2.75) is 25.5 Å². The van der Waals surface area contributed by atoms with Crippen molar-refractivity contribution in [2.24, 2.45) is 0 Å². The molecule has 1 saturated heterocycles. The van der Waals surface area contributed by atoms with Gasteiger partial charge in [0.05, 0.1) is 11.8 Å². The van der Waals surface area contributed by atoms with E-state index >= 15 is 0 Å². The highest BCUT2D eigenvalue weighted by atomic mass is 32.1. The number of carboxylic acid groups (broad SMARTS) is 1. The van der Waals surface area contributed by atoms with E-state index in [1.165, 1.54) is 0 Å². The molecule has 1 atom stereocenters. The third kappa shape index (κ3) is 3.01. The second-order valence-corrected chi connectivity index (χ2v) is 4.57. The second-order valence-electron chi connectivity index (χ2n) is 3.72. The van der Waals surface area contributed by atoms with Crippen LogP contribution in [-0.2, 0) is 11.3 Å². The smallest absolute Gasteiger partial charge is 0.365 e. The molecule has 6 heteroatoms. The molecule has 0 bridgehead atoms. The fraction of sp³-hybridized carbons (Fsp3) is 0.600. The van der Waals surface area contributed by atoms with Gasteiger partial charge in [-0.2, -0.15) is 0 Å². The third-order valence-electron chi connectivity index (χ3n) is 2.44. The van der Waals surface area contributed by atoms with Crippen molar-refractivity contribution in [3.05, 3.63) is 16.1 Å². The van der Waals surface area contributed by atoms with E-state index in [1.807, 2.05) is 0 Å². The van der Waals surface area contributed by atoms with Crippen molar-refractivity contribution in [2.75, 3.05) is 13.2 Å². The van der Waals surface area contributed by atoms with Gasteiger partial charge in [0.25, 0.3) is 0 Å². The van der Waals surface area contributed by atoms with Crippen molar-refractivity contribution in [1.29, 1.82) is 0 Å². The number of hydrogen-bond donors (Lipinski definition) is 2. The SMILES string of the molecule is O=C(O)c1nc(CNCC2CCCO2)cs1. The zero-order valence-electron chi connectivity index (χ0n) is 8.81. The van der Waals surface area contributed by atoms with Gasteiger partial charge in [-0.25, -0.2) is 9.78 Å². The number of carboxylic acids is 1. The summed E-state index contributed by atoms with van der Waals surface area (Å²) in [5.74, 6) is -0.963. The molecule has 0 amide bonds. The van der Waals surface area contributed by atoms with Crippen molar-refractivity contribution in [3.8, 4) is 0 Å². The van der Waals surface area contributed by atoms with E-state index in [4.69, 9.17) is 9.84 Å². The number of aromatic carboxylic acids is 1. The van der Waals surface area contributed by atoms with Gasteiger partial charge in [-0.15, -0.1) is 11.3 Å². The van der Waals surface area contributed by atoms with Crippen molar-refractivity contribution >= 4 is 17.3 Å². The number of rotatable bonds is 5. The molecule has 88 valence electrons. The Hall–Kier alpha value is -0.980. The Balaban J connectivity index is 1.74. The average molecular weight is 242 g/mol. The van der Waals surface area contributed by atoms with Crippen LogP contribution < -0.4 is 5.32 Å². The summed E-state index contributed by atoms with van der Waals surface area (Å²) < 4.78 is 5.46. The van der Waals surface area contributed by atoms with Crippen LogP contribution in [0, 0.1) is 0 Å². The van der Waals surface area contributed by atoms with Crippen LogP contribution in [0.4, 0.5) is 0 Å². The summed E-state index contributed by atoms with van der Waals surface area (Å²) in [6, 6.07) is 0. The Kier molecular flexibility index (Phi) is 3.87. The minimum Gasteiger partial charge on any atom is -0.476 e. The summed E-state index contributed by atoms with van der Waals surface area (Å²) in [6.07, 6.45) is 2.54. The molecule has 1 aliphatic rings. The van der Waals surface area contributed by atoms with Crippen molar-refractivity contribution in [3.63, 3.8) is 0 Å². The minimum atomic E-state index is -0.963. The first-order valence-corrected chi connectivity index (χ1v) is 6.13. The zero-order chi connectivity index (χ0) is 11.4. The van der Waals surface area contributed by atoms with Crippen LogP contribution in [0.1, 0.15) is 28.3 Å². The molecule has 1 aromatic rings. The number of ether oxygens (including phenoxy) is 1. The number of nitrogens with zero attached hydrogens (tertiary/aromatic N) is 1. The normalized spacial score (nSPS) is 20.1. The van der Waals surface area contributed by atoms with E-state index in [0.717, 1.165) is 43.0 Å². The predicted molar refractivity (Wildman–Crippen MR) is 59.8 cm³/mol. The first-order chi connectivity index (χ1) is 7.75. The lowest BCUT2D eigenvalue weighted by Crippen LogP contribution is -2.25. The standard InChI is InChI=1S/C10H14N2O3S/c13-10(14)9-12-7(6-16-9)4-11-5-8-2-1-3-15-8/h6,8,11H,1-5H2,(H,13,14). The Morgan fingerprint density at radius 3 is 3.25 bits per heavy atom. The molecular weight excluding hydrogens is 228 g/mol. The van der Waals surface area contributed by atoms with Crippen LogP contribution in [0.15, 0.2) is 5.38 Å². The van der Waals surface area contributed by atoms with Crippen molar-refractivity contribution in [1.82, 2.24) is 10.3 Å². The highest BCUT2D eigenvalue weighted by molar-refractivity contribution is 7.11. The maximum atomic E-state index is 10.6. The molecule has 0 spiro atoms. The van der Waals surface area contributed by atoms with E-state index in [9.17, 15) is 4.79 Å². The molecule has 0 radical (unpaired) electrons. The van der Waals surface area contributed by atoms with Crippen molar-refractivity contribution < 1.29 is 14.6 Å². The predicted octanol–water partition coefficient (Wildman–Crippen LogP) is 1.11. The van der Waals surface area contributed by atoms with Crippen LogP contribution in [-0.4, -0.2) is 35.3 Å². The van der Waals surface area contributed by atoms with Gasteiger partial charge in [0, 0.05) is 25.1 Å². The van der Waals surface area contributed by atoms with Gasteiger partial charge in [0.2, 0.25) is 5.01 Å². The molecule has 1 aliphatic heterocycles. The Bertz CT molecular complexity index is 361. The number of aromatic nitrogens is 1.